The predicted molar refractivity (Wildman–Crippen MR) is 59.1 cm³/mol. The lowest BCUT2D eigenvalue weighted by atomic mass is 10.2. The molecule has 0 amide bonds. The zero-order valence-corrected chi connectivity index (χ0v) is 8.96. The van der Waals surface area contributed by atoms with Gasteiger partial charge in [0.05, 0.1) is 11.9 Å². The van der Waals surface area contributed by atoms with Crippen LogP contribution in [-0.2, 0) is 6.61 Å². The summed E-state index contributed by atoms with van der Waals surface area (Å²) in [4.78, 5) is 20.1. The third-order valence-electron chi connectivity index (χ3n) is 2.22. The number of carbonyl (C=O) groups is 1. The first-order chi connectivity index (χ1) is 7.81. The fourth-order valence-corrected chi connectivity index (χ4v) is 1.40. The quantitative estimate of drug-likeness (QED) is 0.730. The molecule has 0 bridgehead atoms. The van der Waals surface area contributed by atoms with Crippen molar-refractivity contribution in [3.63, 3.8) is 0 Å². The van der Waals surface area contributed by atoms with Crippen molar-refractivity contribution < 1.29 is 9.63 Å². The minimum absolute atomic E-state index is 0.286. The van der Waals surface area contributed by atoms with Crippen LogP contribution >= 0.6 is 0 Å². The number of carbonyl (C=O) groups excluding carboxylic acids is 1. The molecule has 1 aromatic heterocycles. The summed E-state index contributed by atoms with van der Waals surface area (Å²) in [5.41, 5.74) is 1.85. The molecule has 0 atom stereocenters. The van der Waals surface area contributed by atoms with Gasteiger partial charge in [-0.15, -0.1) is 0 Å². The number of hydrogen-bond donors (Lipinski definition) is 0. The summed E-state index contributed by atoms with van der Waals surface area (Å²) in [6, 6.07) is 9.77. The molecule has 4 nitrogen and oxygen atoms in total. The van der Waals surface area contributed by atoms with Crippen LogP contribution < -0.4 is 4.84 Å². The van der Waals surface area contributed by atoms with Gasteiger partial charge in [-0.25, -0.2) is 4.98 Å². The molecule has 4 heteroatoms. The Bertz CT molecular complexity index is 477. The molecule has 0 radical (unpaired) electrons. The molecule has 1 heterocycles. The number of benzene rings is 1. The molecule has 16 heavy (non-hydrogen) atoms. The minimum Gasteiger partial charge on any atom is -0.407 e. The summed E-state index contributed by atoms with van der Waals surface area (Å²) >= 11 is 0. The van der Waals surface area contributed by atoms with Crippen molar-refractivity contribution in [2.75, 3.05) is 0 Å². The van der Waals surface area contributed by atoms with Gasteiger partial charge in [0.25, 0.3) is 0 Å². The van der Waals surface area contributed by atoms with Crippen LogP contribution in [0.25, 0.3) is 0 Å². The fourth-order valence-electron chi connectivity index (χ4n) is 1.40. The second kappa shape index (κ2) is 4.61. The lowest BCUT2D eigenvalue weighted by Gasteiger charge is -2.09. The van der Waals surface area contributed by atoms with Gasteiger partial charge in [0.1, 0.15) is 6.61 Å². The normalized spacial score (nSPS) is 10.1. The van der Waals surface area contributed by atoms with Gasteiger partial charge in [-0.2, -0.15) is 4.73 Å². The van der Waals surface area contributed by atoms with Crippen LogP contribution in [0.3, 0.4) is 0 Å². The summed E-state index contributed by atoms with van der Waals surface area (Å²) in [6.45, 7) is 2.25. The van der Waals surface area contributed by atoms with E-state index in [1.807, 2.05) is 37.3 Å². The van der Waals surface area contributed by atoms with E-state index in [2.05, 4.69) is 4.98 Å². The number of imidazole rings is 1. The summed E-state index contributed by atoms with van der Waals surface area (Å²) in [5, 5.41) is 0. The van der Waals surface area contributed by atoms with E-state index in [0.717, 1.165) is 11.3 Å². The highest BCUT2D eigenvalue weighted by atomic mass is 16.7. The van der Waals surface area contributed by atoms with Crippen LogP contribution in [-0.4, -0.2) is 16.0 Å². The Morgan fingerprint density at radius 3 is 2.81 bits per heavy atom. The van der Waals surface area contributed by atoms with Gasteiger partial charge < -0.3 is 4.84 Å². The molecule has 0 aliphatic heterocycles. The number of nitrogens with zero attached hydrogens (tertiary/aromatic N) is 2. The van der Waals surface area contributed by atoms with E-state index >= 15 is 0 Å². The van der Waals surface area contributed by atoms with Crippen molar-refractivity contribution in [3.05, 3.63) is 53.6 Å². The Morgan fingerprint density at radius 1 is 1.38 bits per heavy atom. The molecular weight excluding hydrogens is 204 g/mol. The average Bonchev–Trinajstić information content (AvgIpc) is 2.69. The maximum absolute atomic E-state index is 10.7. The second-order valence-electron chi connectivity index (χ2n) is 3.43. The van der Waals surface area contributed by atoms with Crippen LogP contribution in [0.4, 0.5) is 0 Å². The van der Waals surface area contributed by atoms with Gasteiger partial charge in [0, 0.05) is 0 Å². The molecule has 2 rings (SSSR count). The van der Waals surface area contributed by atoms with Crippen LogP contribution in [0.5, 0.6) is 0 Å². The summed E-state index contributed by atoms with van der Waals surface area (Å²) in [7, 11) is 0. The molecule has 0 saturated carbocycles. The van der Waals surface area contributed by atoms with E-state index < -0.39 is 0 Å². The van der Waals surface area contributed by atoms with Gasteiger partial charge >= 0.3 is 0 Å². The molecule has 0 aliphatic rings. The molecular formula is C12H12N2O2. The SMILES string of the molecule is Cc1cnc(C=O)n1OCc1ccccc1. The van der Waals surface area contributed by atoms with Crippen molar-refractivity contribution in [2.24, 2.45) is 0 Å². The van der Waals surface area contributed by atoms with Crippen molar-refractivity contribution in [1.82, 2.24) is 9.71 Å². The Hall–Kier alpha value is -2.10. The number of hydrogen-bond acceptors (Lipinski definition) is 3. The smallest absolute Gasteiger partial charge is 0.208 e. The van der Waals surface area contributed by atoms with Crippen molar-refractivity contribution in [3.8, 4) is 0 Å². The minimum atomic E-state index is 0.286. The van der Waals surface area contributed by atoms with Gasteiger partial charge in [0.15, 0.2) is 6.29 Å². The maximum atomic E-state index is 10.7. The Kier molecular flexibility index (Phi) is 3.00. The Morgan fingerprint density at radius 2 is 2.12 bits per heavy atom. The third-order valence-corrected chi connectivity index (χ3v) is 2.22. The monoisotopic (exact) mass is 216 g/mol. The van der Waals surface area contributed by atoms with Gasteiger partial charge in [-0.05, 0) is 12.5 Å². The largest absolute Gasteiger partial charge is 0.407 e. The molecule has 0 saturated heterocycles. The maximum Gasteiger partial charge on any atom is 0.208 e. The molecule has 0 spiro atoms. The van der Waals surface area contributed by atoms with Crippen LogP contribution in [0, 0.1) is 6.92 Å². The number of rotatable bonds is 4. The van der Waals surface area contributed by atoms with E-state index in [-0.39, 0.29) is 5.82 Å². The van der Waals surface area contributed by atoms with Crippen LogP contribution in [0.2, 0.25) is 0 Å². The first-order valence-electron chi connectivity index (χ1n) is 4.98. The van der Waals surface area contributed by atoms with E-state index in [0.29, 0.717) is 12.9 Å². The zero-order chi connectivity index (χ0) is 11.4. The molecule has 1 aromatic carbocycles. The van der Waals surface area contributed by atoms with E-state index in [4.69, 9.17) is 4.84 Å². The predicted octanol–water partition coefficient (Wildman–Crippen LogP) is 1.63. The lowest BCUT2D eigenvalue weighted by Crippen LogP contribution is -2.15. The van der Waals surface area contributed by atoms with Gasteiger partial charge in [-0.3, -0.25) is 4.79 Å². The second-order valence-corrected chi connectivity index (χ2v) is 3.43. The lowest BCUT2D eigenvalue weighted by molar-refractivity contribution is 0.0813. The molecule has 82 valence electrons. The highest BCUT2D eigenvalue weighted by molar-refractivity contribution is 5.69. The topological polar surface area (TPSA) is 44.1 Å². The molecule has 0 N–H and O–H groups in total. The average molecular weight is 216 g/mol. The number of aldehydes is 1. The van der Waals surface area contributed by atoms with E-state index in [1.165, 1.54) is 4.73 Å². The highest BCUT2D eigenvalue weighted by Crippen LogP contribution is 2.03. The first-order valence-corrected chi connectivity index (χ1v) is 4.98. The standard InChI is InChI=1S/C12H12N2O2/c1-10-7-13-12(8-15)14(10)16-9-11-5-3-2-4-6-11/h2-8H,9H2,1H3. The molecule has 0 fully saturated rings. The number of aromatic nitrogens is 2. The van der Waals surface area contributed by atoms with Gasteiger partial charge in [0.2, 0.25) is 5.82 Å². The number of aryl methyl sites for hydroxylation is 1. The van der Waals surface area contributed by atoms with Gasteiger partial charge in [-0.1, -0.05) is 30.3 Å². The van der Waals surface area contributed by atoms with Crippen LogP contribution in [0.1, 0.15) is 21.9 Å². The van der Waals surface area contributed by atoms with E-state index in [9.17, 15) is 4.79 Å². The zero-order valence-electron chi connectivity index (χ0n) is 8.96. The Labute approximate surface area is 93.5 Å². The first kappa shape index (κ1) is 10.4. The van der Waals surface area contributed by atoms with Crippen molar-refractivity contribution in [1.29, 1.82) is 0 Å². The third kappa shape index (κ3) is 2.11. The molecule has 2 aromatic rings. The molecule has 0 unspecified atom stereocenters. The van der Waals surface area contributed by atoms with E-state index in [1.54, 1.807) is 6.20 Å². The van der Waals surface area contributed by atoms with Crippen molar-refractivity contribution >= 4 is 6.29 Å². The molecule has 0 aliphatic carbocycles. The summed E-state index contributed by atoms with van der Waals surface area (Å²) in [5.74, 6) is 0.286. The summed E-state index contributed by atoms with van der Waals surface area (Å²) in [6.07, 6.45) is 2.28. The van der Waals surface area contributed by atoms with Crippen molar-refractivity contribution in [2.45, 2.75) is 13.5 Å². The summed E-state index contributed by atoms with van der Waals surface area (Å²) < 4.78 is 1.44. The fraction of sp³-hybridized carbons (Fsp3) is 0.167. The highest BCUT2D eigenvalue weighted by Gasteiger charge is 2.06. The Balaban J connectivity index is 2.10. The van der Waals surface area contributed by atoms with Crippen LogP contribution in [0.15, 0.2) is 36.5 Å².